The van der Waals surface area contributed by atoms with Crippen LogP contribution in [0.5, 0.6) is 0 Å². The third-order valence-electron chi connectivity index (χ3n) is 3.42. The smallest absolute Gasteiger partial charge is 0.236 e. The molecule has 10 heteroatoms. The fourth-order valence-corrected chi connectivity index (χ4v) is 4.48. The molecule has 28 heavy (non-hydrogen) atoms. The van der Waals surface area contributed by atoms with Crippen LogP contribution in [-0.2, 0) is 14.8 Å². The van der Waals surface area contributed by atoms with Gasteiger partial charge in [0.2, 0.25) is 15.9 Å². The topological polar surface area (TPSA) is 88.2 Å². The van der Waals surface area contributed by atoms with Crippen LogP contribution in [0.4, 0.5) is 10.8 Å². The van der Waals surface area contributed by atoms with Crippen LogP contribution in [0.1, 0.15) is 0 Å². The lowest BCUT2D eigenvalue weighted by molar-refractivity contribution is -0.113. The number of carbonyl (C=O) groups excluding carboxylic acids is 1. The van der Waals surface area contributed by atoms with E-state index in [1.165, 1.54) is 23.1 Å². The van der Waals surface area contributed by atoms with Crippen LogP contribution in [-0.4, -0.2) is 31.3 Å². The number of aromatic nitrogens is 1. The van der Waals surface area contributed by atoms with Crippen LogP contribution in [0, 0.1) is 0 Å². The largest absolute Gasteiger partial charge is 0.301 e. The number of amides is 1. The molecule has 146 valence electrons. The lowest BCUT2D eigenvalue weighted by Crippen LogP contribution is -2.13. The first kappa shape index (κ1) is 20.8. The predicted molar refractivity (Wildman–Crippen MR) is 120 cm³/mol. The summed E-state index contributed by atoms with van der Waals surface area (Å²) in [5, 5.41) is 5.17. The number of hydrogen-bond acceptors (Lipinski definition) is 6. The van der Waals surface area contributed by atoms with Crippen molar-refractivity contribution in [1.82, 2.24) is 4.98 Å². The average molecular weight is 498 g/mol. The van der Waals surface area contributed by atoms with Gasteiger partial charge in [0.05, 0.1) is 17.7 Å². The third-order valence-corrected chi connectivity index (χ3v) is 6.32. The second kappa shape index (κ2) is 9.08. The Balaban J connectivity index is 1.57. The molecule has 0 fully saturated rings. The molecule has 2 aromatic carbocycles. The fraction of sp³-hybridized carbons (Fsp3) is 0.111. The van der Waals surface area contributed by atoms with E-state index in [0.29, 0.717) is 22.3 Å². The highest BCUT2D eigenvalue weighted by Crippen LogP contribution is 2.27. The lowest BCUT2D eigenvalue weighted by atomic mass is 10.1. The number of hydrogen-bond donors (Lipinski definition) is 2. The van der Waals surface area contributed by atoms with E-state index < -0.39 is 10.0 Å². The maximum absolute atomic E-state index is 12.1. The molecule has 2 N–H and O–H groups in total. The Morgan fingerprint density at radius 2 is 1.82 bits per heavy atom. The van der Waals surface area contributed by atoms with Gasteiger partial charge in [-0.1, -0.05) is 28.1 Å². The highest BCUT2D eigenvalue weighted by molar-refractivity contribution is 9.10. The molecule has 0 saturated carbocycles. The molecule has 0 aliphatic rings. The minimum absolute atomic E-state index is 0.124. The first-order valence-corrected chi connectivity index (χ1v) is 12.6. The summed E-state index contributed by atoms with van der Waals surface area (Å²) in [4.78, 5) is 17.6. The number of benzene rings is 2. The van der Waals surface area contributed by atoms with Crippen LogP contribution in [0.25, 0.3) is 11.3 Å². The minimum atomic E-state index is -3.31. The number of nitrogens with one attached hydrogen (secondary N) is 2. The normalized spacial score (nSPS) is 11.2. The van der Waals surface area contributed by atoms with E-state index in [-0.39, 0.29) is 5.91 Å². The molecular weight excluding hydrogens is 482 g/mol. The van der Waals surface area contributed by atoms with Crippen molar-refractivity contribution in [2.75, 3.05) is 22.0 Å². The highest BCUT2D eigenvalue weighted by Gasteiger charge is 2.09. The first-order chi connectivity index (χ1) is 13.3. The zero-order valence-corrected chi connectivity index (χ0v) is 18.7. The van der Waals surface area contributed by atoms with Gasteiger partial charge in [0.15, 0.2) is 5.13 Å². The molecule has 0 aliphatic carbocycles. The van der Waals surface area contributed by atoms with Crippen LogP contribution in [0.15, 0.2) is 63.3 Å². The number of thiazole rings is 1. The van der Waals surface area contributed by atoms with E-state index in [9.17, 15) is 13.2 Å². The lowest BCUT2D eigenvalue weighted by Gasteiger charge is -2.04. The zero-order valence-electron chi connectivity index (χ0n) is 14.7. The van der Waals surface area contributed by atoms with Gasteiger partial charge in [-0.25, -0.2) is 13.4 Å². The van der Waals surface area contributed by atoms with Crippen molar-refractivity contribution in [3.8, 4) is 11.3 Å². The molecule has 1 amide bonds. The van der Waals surface area contributed by atoms with Gasteiger partial charge in [-0.15, -0.1) is 23.1 Å². The quantitative estimate of drug-likeness (QED) is 0.462. The Hall–Kier alpha value is -1.88. The van der Waals surface area contributed by atoms with Crippen molar-refractivity contribution in [1.29, 1.82) is 0 Å². The van der Waals surface area contributed by atoms with Gasteiger partial charge in [0.25, 0.3) is 0 Å². The number of sulfonamides is 1. The summed E-state index contributed by atoms with van der Waals surface area (Å²) in [6.45, 7) is 0. The van der Waals surface area contributed by atoms with Gasteiger partial charge in [-0.2, -0.15) is 0 Å². The molecule has 1 aromatic heterocycles. The van der Waals surface area contributed by atoms with Gasteiger partial charge < -0.3 is 5.32 Å². The Labute approximate surface area is 180 Å². The summed E-state index contributed by atoms with van der Waals surface area (Å²) in [6.07, 6.45) is 1.10. The highest BCUT2D eigenvalue weighted by atomic mass is 79.9. The molecule has 0 atom stereocenters. The third kappa shape index (κ3) is 6.33. The van der Waals surface area contributed by atoms with E-state index in [0.717, 1.165) is 21.2 Å². The summed E-state index contributed by atoms with van der Waals surface area (Å²) in [5.41, 5.74) is 2.03. The second-order valence-corrected chi connectivity index (χ2v) is 10.4. The van der Waals surface area contributed by atoms with Crippen LogP contribution >= 0.6 is 39.0 Å². The Bertz CT molecular complexity index is 1070. The van der Waals surface area contributed by atoms with Crippen molar-refractivity contribution in [2.24, 2.45) is 0 Å². The Morgan fingerprint density at radius 3 is 2.46 bits per heavy atom. The molecule has 0 radical (unpaired) electrons. The standard InChI is InChI=1S/C18H16BrN3O3S3/c1-28(24,25)22-14-6-2-12(3-7-14)16-10-27-18(20-16)21-17(23)11-26-15-8-4-13(19)5-9-15/h2-10,22H,11H2,1H3,(H,20,21,23). The van der Waals surface area contributed by atoms with Crippen molar-refractivity contribution in [3.05, 3.63) is 58.4 Å². The maximum atomic E-state index is 12.1. The molecule has 1 heterocycles. The van der Waals surface area contributed by atoms with Crippen LogP contribution in [0.3, 0.4) is 0 Å². The number of anilines is 2. The first-order valence-electron chi connectivity index (χ1n) is 8.00. The van der Waals surface area contributed by atoms with Gasteiger partial charge in [-0.05, 0) is 36.4 Å². The number of nitrogens with zero attached hydrogens (tertiary/aromatic N) is 1. The van der Waals surface area contributed by atoms with E-state index in [4.69, 9.17) is 0 Å². The summed E-state index contributed by atoms with van der Waals surface area (Å²) in [6, 6.07) is 14.7. The van der Waals surface area contributed by atoms with Gasteiger partial charge in [0, 0.05) is 26.0 Å². The summed E-state index contributed by atoms with van der Waals surface area (Å²) >= 11 is 6.18. The number of thioether (sulfide) groups is 1. The molecule has 0 unspecified atom stereocenters. The number of rotatable bonds is 7. The summed E-state index contributed by atoms with van der Waals surface area (Å²) < 4.78 is 25.9. The minimum Gasteiger partial charge on any atom is -0.301 e. The van der Waals surface area contributed by atoms with Crippen LogP contribution < -0.4 is 10.0 Å². The Kier molecular flexibility index (Phi) is 6.76. The fourth-order valence-electron chi connectivity index (χ4n) is 2.22. The van der Waals surface area contributed by atoms with E-state index in [1.807, 2.05) is 29.6 Å². The molecule has 0 bridgehead atoms. The monoisotopic (exact) mass is 497 g/mol. The zero-order chi connectivity index (χ0) is 20.1. The van der Waals surface area contributed by atoms with Crippen molar-refractivity contribution in [2.45, 2.75) is 4.90 Å². The number of halogens is 1. The molecule has 3 aromatic rings. The molecule has 0 saturated heterocycles. The average Bonchev–Trinajstić information content (AvgIpc) is 3.09. The van der Waals surface area contributed by atoms with Gasteiger partial charge in [0.1, 0.15) is 0 Å². The van der Waals surface area contributed by atoms with Crippen molar-refractivity contribution < 1.29 is 13.2 Å². The van der Waals surface area contributed by atoms with Gasteiger partial charge >= 0.3 is 0 Å². The predicted octanol–water partition coefficient (Wildman–Crippen LogP) is 4.67. The number of carbonyl (C=O) groups is 1. The van der Waals surface area contributed by atoms with Gasteiger partial charge in [-0.3, -0.25) is 9.52 Å². The van der Waals surface area contributed by atoms with E-state index in [1.54, 1.807) is 24.3 Å². The van der Waals surface area contributed by atoms with Crippen molar-refractivity contribution >= 4 is 65.8 Å². The molecule has 3 rings (SSSR count). The summed E-state index contributed by atoms with van der Waals surface area (Å²) in [7, 11) is -3.31. The molecular formula is C18H16BrN3O3S3. The van der Waals surface area contributed by atoms with Crippen LogP contribution in [0.2, 0.25) is 0 Å². The SMILES string of the molecule is CS(=O)(=O)Nc1ccc(-c2csc(NC(=O)CSc3ccc(Br)cc3)n2)cc1. The van der Waals surface area contributed by atoms with E-state index >= 15 is 0 Å². The van der Waals surface area contributed by atoms with Crippen molar-refractivity contribution in [3.63, 3.8) is 0 Å². The summed E-state index contributed by atoms with van der Waals surface area (Å²) in [5.74, 6) is 0.170. The molecule has 0 aliphatic heterocycles. The second-order valence-electron chi connectivity index (χ2n) is 5.78. The molecule has 6 nitrogen and oxygen atoms in total. The maximum Gasteiger partial charge on any atom is 0.236 e. The van der Waals surface area contributed by atoms with E-state index in [2.05, 4.69) is 31.0 Å². The Morgan fingerprint density at radius 1 is 1.14 bits per heavy atom. The molecule has 0 spiro atoms.